The van der Waals surface area contributed by atoms with Crippen molar-refractivity contribution in [1.29, 1.82) is 0 Å². The number of aliphatic hydroxyl groups is 1. The highest BCUT2D eigenvalue weighted by Crippen LogP contribution is 2.17. The van der Waals surface area contributed by atoms with Crippen molar-refractivity contribution in [2.75, 3.05) is 6.61 Å². The lowest BCUT2D eigenvalue weighted by Crippen LogP contribution is -2.22. The summed E-state index contributed by atoms with van der Waals surface area (Å²) in [5.41, 5.74) is 1.02. The Morgan fingerprint density at radius 1 is 1.38 bits per heavy atom. The van der Waals surface area contributed by atoms with Crippen molar-refractivity contribution in [3.8, 4) is 11.8 Å². The predicted molar refractivity (Wildman–Crippen MR) is 80.0 cm³/mol. The summed E-state index contributed by atoms with van der Waals surface area (Å²) in [6.07, 6.45) is 0. The van der Waals surface area contributed by atoms with Crippen LogP contribution in [-0.2, 0) is 6.54 Å². The Morgan fingerprint density at radius 3 is 2.81 bits per heavy atom. The summed E-state index contributed by atoms with van der Waals surface area (Å²) in [7, 11) is 0. The van der Waals surface area contributed by atoms with E-state index in [1.54, 1.807) is 18.2 Å². The van der Waals surface area contributed by atoms with Crippen molar-refractivity contribution in [2.45, 2.75) is 13.5 Å². The Kier molecular flexibility index (Phi) is 5.04. The molecule has 2 rings (SSSR count). The molecular formula is C16H14ClNO3. The van der Waals surface area contributed by atoms with Crippen molar-refractivity contribution in [3.05, 3.63) is 58.0 Å². The lowest BCUT2D eigenvalue weighted by molar-refractivity contribution is 0.0948. The molecule has 0 spiro atoms. The van der Waals surface area contributed by atoms with Crippen LogP contribution in [0, 0.1) is 18.8 Å². The zero-order valence-corrected chi connectivity index (χ0v) is 12.2. The van der Waals surface area contributed by atoms with E-state index in [1.165, 1.54) is 0 Å². The molecule has 21 heavy (non-hydrogen) atoms. The monoisotopic (exact) mass is 303 g/mol. The Bertz CT molecular complexity index is 710. The van der Waals surface area contributed by atoms with Gasteiger partial charge in [0.1, 0.15) is 18.1 Å². The number of rotatable bonds is 3. The van der Waals surface area contributed by atoms with Crippen molar-refractivity contribution < 1.29 is 14.3 Å². The molecule has 0 aliphatic rings. The number of benzene rings is 1. The van der Waals surface area contributed by atoms with Crippen LogP contribution in [-0.4, -0.2) is 17.6 Å². The van der Waals surface area contributed by atoms with E-state index in [1.807, 2.05) is 19.1 Å². The Balaban J connectivity index is 2.04. The van der Waals surface area contributed by atoms with Crippen LogP contribution in [0.25, 0.3) is 0 Å². The minimum atomic E-state index is -0.243. The standard InChI is InChI=1S/C16H14ClNO3/c1-11-4-7-14(21-11)10-18-16(20)13-6-5-12(3-2-8-19)15(17)9-13/h4-7,9,19H,8,10H2,1H3,(H,18,20). The van der Waals surface area contributed by atoms with E-state index in [0.717, 1.165) is 5.76 Å². The molecule has 0 bridgehead atoms. The number of halogens is 1. The van der Waals surface area contributed by atoms with Crippen LogP contribution in [0.4, 0.5) is 0 Å². The van der Waals surface area contributed by atoms with Gasteiger partial charge >= 0.3 is 0 Å². The van der Waals surface area contributed by atoms with Gasteiger partial charge < -0.3 is 14.8 Å². The molecule has 2 aromatic rings. The Labute approximate surface area is 127 Å². The number of hydrogen-bond acceptors (Lipinski definition) is 3. The maximum Gasteiger partial charge on any atom is 0.251 e. The van der Waals surface area contributed by atoms with Gasteiger partial charge in [0.15, 0.2) is 0 Å². The van der Waals surface area contributed by atoms with Gasteiger partial charge in [0.2, 0.25) is 0 Å². The molecule has 2 N–H and O–H groups in total. The molecule has 1 amide bonds. The number of amides is 1. The number of nitrogens with one attached hydrogen (secondary N) is 1. The smallest absolute Gasteiger partial charge is 0.251 e. The first-order valence-corrected chi connectivity index (χ1v) is 6.70. The Morgan fingerprint density at radius 2 is 2.19 bits per heavy atom. The summed E-state index contributed by atoms with van der Waals surface area (Å²) in [4.78, 5) is 12.0. The molecule has 5 heteroatoms. The maximum absolute atomic E-state index is 12.0. The van der Waals surface area contributed by atoms with Gasteiger partial charge in [-0.3, -0.25) is 4.79 Å². The van der Waals surface area contributed by atoms with Gasteiger partial charge in [0.25, 0.3) is 5.91 Å². The lowest BCUT2D eigenvalue weighted by atomic mass is 10.1. The highest BCUT2D eigenvalue weighted by atomic mass is 35.5. The molecule has 0 saturated heterocycles. The van der Waals surface area contributed by atoms with Crippen LogP contribution in [0.3, 0.4) is 0 Å². The van der Waals surface area contributed by atoms with Gasteiger partial charge in [0, 0.05) is 11.1 Å². The fourth-order valence-corrected chi connectivity index (χ4v) is 1.97. The lowest BCUT2D eigenvalue weighted by Gasteiger charge is -2.05. The van der Waals surface area contributed by atoms with Crippen molar-refractivity contribution >= 4 is 17.5 Å². The van der Waals surface area contributed by atoms with Crippen molar-refractivity contribution in [3.63, 3.8) is 0 Å². The molecule has 4 nitrogen and oxygen atoms in total. The van der Waals surface area contributed by atoms with E-state index in [9.17, 15) is 4.79 Å². The highest BCUT2D eigenvalue weighted by molar-refractivity contribution is 6.32. The second-order valence-electron chi connectivity index (χ2n) is 4.35. The highest BCUT2D eigenvalue weighted by Gasteiger charge is 2.08. The van der Waals surface area contributed by atoms with Crippen molar-refractivity contribution in [1.82, 2.24) is 5.32 Å². The zero-order valence-electron chi connectivity index (χ0n) is 11.4. The molecule has 1 heterocycles. The zero-order chi connectivity index (χ0) is 15.2. The van der Waals surface area contributed by atoms with Crippen LogP contribution in [0.15, 0.2) is 34.7 Å². The normalized spacial score (nSPS) is 9.86. The minimum absolute atomic E-state index is 0.235. The largest absolute Gasteiger partial charge is 0.465 e. The number of hydrogen-bond donors (Lipinski definition) is 2. The molecule has 1 aromatic carbocycles. The van der Waals surface area contributed by atoms with E-state index in [4.69, 9.17) is 21.1 Å². The molecule has 0 radical (unpaired) electrons. The third-order valence-corrected chi connectivity index (χ3v) is 3.07. The summed E-state index contributed by atoms with van der Waals surface area (Å²) >= 11 is 6.05. The SMILES string of the molecule is Cc1ccc(CNC(=O)c2ccc(C#CCO)c(Cl)c2)o1. The molecule has 0 saturated carbocycles. The molecule has 0 fully saturated rings. The minimum Gasteiger partial charge on any atom is -0.465 e. The van der Waals surface area contributed by atoms with Crippen molar-refractivity contribution in [2.24, 2.45) is 0 Å². The molecule has 1 aromatic heterocycles. The topological polar surface area (TPSA) is 62.5 Å². The number of aliphatic hydroxyl groups excluding tert-OH is 1. The van der Waals surface area contributed by atoms with E-state index < -0.39 is 0 Å². The second-order valence-corrected chi connectivity index (χ2v) is 4.76. The third kappa shape index (κ3) is 4.12. The van der Waals surface area contributed by atoms with Crippen LogP contribution in [0.1, 0.15) is 27.4 Å². The summed E-state index contributed by atoms with van der Waals surface area (Å²) < 4.78 is 5.37. The summed E-state index contributed by atoms with van der Waals surface area (Å²) in [5, 5.41) is 11.8. The fraction of sp³-hybridized carbons (Fsp3) is 0.188. The third-order valence-electron chi connectivity index (χ3n) is 2.75. The van der Waals surface area contributed by atoms with Gasteiger partial charge in [-0.1, -0.05) is 23.4 Å². The van der Waals surface area contributed by atoms with Crippen LogP contribution in [0.2, 0.25) is 5.02 Å². The molecular weight excluding hydrogens is 290 g/mol. The number of carbonyl (C=O) groups is 1. The van der Waals surface area contributed by atoms with Gasteiger partial charge in [-0.2, -0.15) is 0 Å². The number of carbonyl (C=O) groups excluding carboxylic acids is 1. The van der Waals surface area contributed by atoms with Crippen LogP contribution < -0.4 is 5.32 Å². The summed E-state index contributed by atoms with van der Waals surface area (Å²) in [6.45, 7) is 1.93. The average molecular weight is 304 g/mol. The van der Waals surface area contributed by atoms with Gasteiger partial charge in [-0.15, -0.1) is 0 Å². The van der Waals surface area contributed by atoms with E-state index in [-0.39, 0.29) is 12.5 Å². The van der Waals surface area contributed by atoms with E-state index >= 15 is 0 Å². The van der Waals surface area contributed by atoms with E-state index in [0.29, 0.717) is 28.5 Å². The average Bonchev–Trinajstić information content (AvgIpc) is 2.89. The number of aryl methyl sites for hydroxylation is 1. The van der Waals surface area contributed by atoms with Gasteiger partial charge in [-0.05, 0) is 37.3 Å². The maximum atomic E-state index is 12.0. The number of furan rings is 1. The molecule has 0 aliphatic heterocycles. The molecule has 0 aliphatic carbocycles. The van der Waals surface area contributed by atoms with Crippen LogP contribution >= 0.6 is 11.6 Å². The molecule has 0 atom stereocenters. The first-order valence-electron chi connectivity index (χ1n) is 6.33. The predicted octanol–water partition coefficient (Wildman–Crippen LogP) is 2.52. The first kappa shape index (κ1) is 15.2. The molecule has 0 unspecified atom stereocenters. The first-order chi connectivity index (χ1) is 10.1. The van der Waals surface area contributed by atoms with Gasteiger partial charge in [-0.25, -0.2) is 0 Å². The second kappa shape index (κ2) is 6.98. The summed E-state index contributed by atoms with van der Waals surface area (Å²) in [6, 6.07) is 8.49. The molecule has 108 valence electrons. The Hall–Kier alpha value is -2.22. The van der Waals surface area contributed by atoms with Crippen LogP contribution in [0.5, 0.6) is 0 Å². The quantitative estimate of drug-likeness (QED) is 0.857. The fourth-order valence-electron chi connectivity index (χ4n) is 1.74. The summed E-state index contributed by atoms with van der Waals surface area (Å²) in [5.74, 6) is 6.47. The van der Waals surface area contributed by atoms with E-state index in [2.05, 4.69) is 17.2 Å². The van der Waals surface area contributed by atoms with Gasteiger partial charge in [0.05, 0.1) is 11.6 Å².